The first-order valence-corrected chi connectivity index (χ1v) is 8.38. The predicted molar refractivity (Wildman–Crippen MR) is 94.7 cm³/mol. The van der Waals surface area contributed by atoms with Gasteiger partial charge in [-0.2, -0.15) is 5.10 Å². The number of benzene rings is 1. The Morgan fingerprint density at radius 3 is 2.57 bits per heavy atom. The van der Waals surface area contributed by atoms with Crippen molar-refractivity contribution in [3.63, 3.8) is 0 Å². The third kappa shape index (κ3) is 5.06. The Morgan fingerprint density at radius 2 is 2.00 bits per heavy atom. The number of piperidine rings is 1. The van der Waals surface area contributed by atoms with Crippen molar-refractivity contribution < 1.29 is 4.39 Å². The average molecular weight is 344 g/mol. The highest BCUT2D eigenvalue weighted by molar-refractivity contribution is 6.30. The van der Waals surface area contributed by atoms with E-state index in [9.17, 15) is 4.39 Å². The molecule has 1 aromatic carbocycles. The Hall–Kier alpha value is -1.37. The maximum absolute atomic E-state index is 13.9. The monoisotopic (exact) mass is 343 g/mol. The third-order valence-corrected chi connectivity index (χ3v) is 4.29. The highest BCUT2D eigenvalue weighted by Crippen LogP contribution is 2.35. The van der Waals surface area contributed by atoms with Gasteiger partial charge in [-0.05, 0) is 62.0 Å². The molecule has 1 saturated heterocycles. The molecule has 1 aromatic rings. The number of nitrogens with zero attached hydrogens (tertiary/aromatic N) is 2. The number of rotatable bonds is 4. The fourth-order valence-electron chi connectivity index (χ4n) is 2.76. The molecule has 1 aliphatic heterocycles. The molecular weight excluding hydrogens is 317 g/mol. The van der Waals surface area contributed by atoms with E-state index in [2.05, 4.69) is 10.4 Å². The average Bonchev–Trinajstić information content (AvgIpc) is 2.59. The van der Waals surface area contributed by atoms with Gasteiger partial charge in [-0.25, -0.2) is 10.2 Å². The fourth-order valence-corrected chi connectivity index (χ4v) is 2.94. The first kappa shape index (κ1) is 19.7. The van der Waals surface area contributed by atoms with E-state index in [0.29, 0.717) is 5.92 Å². The summed E-state index contributed by atoms with van der Waals surface area (Å²) in [5.41, 5.74) is 1.88. The summed E-state index contributed by atoms with van der Waals surface area (Å²) in [6, 6.07) is 2.95. The van der Waals surface area contributed by atoms with Gasteiger partial charge in [0.05, 0.1) is 11.1 Å². The Labute approximate surface area is 142 Å². The van der Waals surface area contributed by atoms with Gasteiger partial charge in [0.1, 0.15) is 12.2 Å². The molecule has 1 unspecified atom stereocenters. The van der Waals surface area contributed by atoms with E-state index < -0.39 is 5.82 Å². The zero-order valence-corrected chi connectivity index (χ0v) is 14.8. The molecule has 2 rings (SSSR count). The van der Waals surface area contributed by atoms with Crippen molar-refractivity contribution in [2.45, 2.75) is 45.6 Å². The first-order valence-electron chi connectivity index (χ1n) is 8.00. The highest BCUT2D eigenvalue weighted by Gasteiger charge is 2.24. The van der Waals surface area contributed by atoms with E-state index in [1.807, 2.05) is 20.8 Å². The fraction of sp³-hybridized carbons (Fsp3) is 0.562. The summed E-state index contributed by atoms with van der Waals surface area (Å²) < 4.78 is 13.9. The van der Waals surface area contributed by atoms with Crippen LogP contribution in [0.4, 0.5) is 4.39 Å². The number of halogens is 2. The molecule has 1 fully saturated rings. The van der Waals surface area contributed by atoms with Crippen molar-refractivity contribution in [3.8, 4) is 0 Å². The Balaban J connectivity index is 0.00000127. The van der Waals surface area contributed by atoms with Crippen LogP contribution < -0.4 is 17.0 Å². The summed E-state index contributed by atoms with van der Waals surface area (Å²) in [6.45, 7) is 7.78. The molecular formula is C16H27ClFN5. The molecule has 0 aromatic heterocycles. The van der Waals surface area contributed by atoms with Crippen molar-refractivity contribution in [2.24, 2.45) is 16.8 Å². The van der Waals surface area contributed by atoms with Gasteiger partial charge in [0, 0.05) is 0 Å². The predicted octanol–water partition coefficient (Wildman–Crippen LogP) is 3.11. The van der Waals surface area contributed by atoms with Crippen molar-refractivity contribution in [2.75, 3.05) is 13.1 Å². The second-order valence-corrected chi connectivity index (χ2v) is 5.71. The molecule has 7 heteroatoms. The molecule has 5 nitrogen and oxygen atoms in total. The lowest BCUT2D eigenvalue weighted by molar-refractivity contribution is 0.352. The molecule has 0 aliphatic carbocycles. The van der Waals surface area contributed by atoms with Crippen molar-refractivity contribution in [1.82, 2.24) is 10.3 Å². The topological polar surface area (TPSA) is 79.7 Å². The minimum atomic E-state index is -0.436. The number of nitrogens with one attached hydrogen (secondary N) is 1. The molecule has 0 bridgehead atoms. The SMILES string of the molecule is CC.CC(c1cc(F)c(Cl)cc1C1CCNCC1)N(N)/C=N\N. The number of hydrogen-bond donors (Lipinski definition) is 3. The normalized spacial score (nSPS) is 16.8. The van der Waals surface area contributed by atoms with Gasteiger partial charge < -0.3 is 11.2 Å². The van der Waals surface area contributed by atoms with Crippen LogP contribution in [0.2, 0.25) is 5.02 Å². The molecule has 1 heterocycles. The van der Waals surface area contributed by atoms with Crippen LogP contribution in [0.25, 0.3) is 0 Å². The summed E-state index contributed by atoms with van der Waals surface area (Å²) in [4.78, 5) is 0. The van der Waals surface area contributed by atoms with Gasteiger partial charge in [0.15, 0.2) is 0 Å². The highest BCUT2D eigenvalue weighted by atomic mass is 35.5. The van der Waals surface area contributed by atoms with E-state index in [4.69, 9.17) is 23.3 Å². The quantitative estimate of drug-likeness (QED) is 0.339. The second-order valence-electron chi connectivity index (χ2n) is 5.31. The molecule has 0 spiro atoms. The molecule has 0 amide bonds. The van der Waals surface area contributed by atoms with E-state index in [1.165, 1.54) is 17.4 Å². The minimum absolute atomic E-state index is 0.149. The Kier molecular flexibility index (Phi) is 8.30. The summed E-state index contributed by atoms with van der Waals surface area (Å²) >= 11 is 5.97. The Bertz CT molecular complexity index is 517. The lowest BCUT2D eigenvalue weighted by atomic mass is 9.85. The van der Waals surface area contributed by atoms with Crippen molar-refractivity contribution in [1.29, 1.82) is 0 Å². The zero-order chi connectivity index (χ0) is 17.4. The molecule has 5 N–H and O–H groups in total. The maximum atomic E-state index is 13.9. The van der Waals surface area contributed by atoms with Crippen LogP contribution in [0.3, 0.4) is 0 Å². The third-order valence-electron chi connectivity index (χ3n) is 4.00. The number of hydrazone groups is 1. The van der Waals surface area contributed by atoms with Crippen LogP contribution in [0.1, 0.15) is 56.7 Å². The van der Waals surface area contributed by atoms with Crippen molar-refractivity contribution in [3.05, 3.63) is 34.1 Å². The number of nitrogens with two attached hydrogens (primary N) is 2. The van der Waals surface area contributed by atoms with Crippen LogP contribution in [0.15, 0.2) is 17.2 Å². The zero-order valence-electron chi connectivity index (χ0n) is 14.0. The van der Waals surface area contributed by atoms with E-state index in [-0.39, 0.29) is 11.1 Å². The summed E-state index contributed by atoms with van der Waals surface area (Å²) in [5.74, 6) is 10.9. The van der Waals surface area contributed by atoms with Crippen LogP contribution in [-0.4, -0.2) is 24.4 Å². The van der Waals surface area contributed by atoms with Gasteiger partial charge in [-0.15, -0.1) is 0 Å². The second kappa shape index (κ2) is 9.70. The van der Waals surface area contributed by atoms with Gasteiger partial charge in [-0.3, -0.25) is 5.01 Å². The molecule has 0 saturated carbocycles. The molecule has 23 heavy (non-hydrogen) atoms. The van der Waals surface area contributed by atoms with Gasteiger partial charge in [-0.1, -0.05) is 25.4 Å². The van der Waals surface area contributed by atoms with Gasteiger partial charge >= 0.3 is 0 Å². The largest absolute Gasteiger partial charge is 0.322 e. The number of hydrogen-bond acceptors (Lipinski definition) is 4. The number of hydrazine groups is 1. The van der Waals surface area contributed by atoms with E-state index in [1.54, 1.807) is 6.07 Å². The molecule has 130 valence electrons. The standard InChI is InChI=1S/C14H21ClFN5.C2H6/c1-9(21(18)8-20-17)11-7-14(16)13(15)6-12(11)10-2-4-19-5-3-10;1-2/h6-10,19H,2-5,17-18H2,1H3;1-2H3/b20-8-;. The molecule has 1 aliphatic rings. The molecule has 1 atom stereocenters. The smallest absolute Gasteiger partial charge is 0.142 e. The first-order chi connectivity index (χ1) is 11.0. The minimum Gasteiger partial charge on any atom is -0.322 e. The van der Waals surface area contributed by atoms with E-state index >= 15 is 0 Å². The van der Waals surface area contributed by atoms with Crippen LogP contribution in [-0.2, 0) is 0 Å². The summed E-state index contributed by atoms with van der Waals surface area (Å²) in [5, 5.41) is 8.25. The lowest BCUT2D eigenvalue weighted by Gasteiger charge is -2.30. The van der Waals surface area contributed by atoms with Crippen molar-refractivity contribution >= 4 is 17.9 Å². The lowest BCUT2D eigenvalue weighted by Crippen LogP contribution is -2.34. The van der Waals surface area contributed by atoms with Gasteiger partial charge in [0.2, 0.25) is 0 Å². The Morgan fingerprint density at radius 1 is 1.39 bits per heavy atom. The van der Waals surface area contributed by atoms with Gasteiger partial charge in [0.25, 0.3) is 0 Å². The summed E-state index contributed by atoms with van der Waals surface area (Å²) in [6.07, 6.45) is 3.32. The van der Waals surface area contributed by atoms with E-state index in [0.717, 1.165) is 37.1 Å². The summed E-state index contributed by atoms with van der Waals surface area (Å²) in [7, 11) is 0. The van der Waals surface area contributed by atoms with Crippen LogP contribution in [0, 0.1) is 5.82 Å². The van der Waals surface area contributed by atoms with Crippen LogP contribution in [0.5, 0.6) is 0 Å². The molecule has 0 radical (unpaired) electrons. The maximum Gasteiger partial charge on any atom is 0.142 e. The van der Waals surface area contributed by atoms with Crippen LogP contribution >= 0.6 is 11.6 Å².